The highest BCUT2D eigenvalue weighted by molar-refractivity contribution is 5.97. The number of nitrogens with zero attached hydrogens (tertiary/aromatic N) is 1. The highest BCUT2D eigenvalue weighted by Crippen LogP contribution is 2.26. The number of hydrogen-bond donors (Lipinski definition) is 2. The molecule has 9 nitrogen and oxygen atoms in total. The van der Waals surface area contributed by atoms with E-state index in [1.165, 1.54) is 0 Å². The number of nitrogens with one attached hydrogen (secondary N) is 2. The molecule has 9 heteroatoms. The van der Waals surface area contributed by atoms with Crippen molar-refractivity contribution >= 4 is 18.0 Å². The van der Waals surface area contributed by atoms with Crippen LogP contribution in [0, 0.1) is 6.92 Å². The molecule has 0 aliphatic carbocycles. The van der Waals surface area contributed by atoms with E-state index >= 15 is 0 Å². The predicted octanol–water partition coefficient (Wildman–Crippen LogP) is 1.94. The first-order valence-corrected chi connectivity index (χ1v) is 8.64. The van der Waals surface area contributed by atoms with Gasteiger partial charge in [-0.15, -0.1) is 0 Å². The van der Waals surface area contributed by atoms with Gasteiger partial charge in [0.1, 0.15) is 23.6 Å². The van der Waals surface area contributed by atoms with Gasteiger partial charge in [-0.05, 0) is 13.8 Å². The van der Waals surface area contributed by atoms with Gasteiger partial charge in [-0.3, -0.25) is 0 Å². The molecule has 1 aromatic carbocycles. The fourth-order valence-corrected chi connectivity index (χ4v) is 2.68. The highest BCUT2D eigenvalue weighted by atomic mass is 16.5. The first kappa shape index (κ1) is 19.2. The van der Waals surface area contributed by atoms with Crippen molar-refractivity contribution < 1.29 is 28.4 Å². The molecule has 0 unspecified atom stereocenters. The molecule has 1 aromatic heterocycles. The molecule has 28 heavy (non-hydrogen) atoms. The summed E-state index contributed by atoms with van der Waals surface area (Å²) in [4.78, 5) is 36.3. The maximum atomic E-state index is 12.7. The molecule has 146 valence electrons. The lowest BCUT2D eigenvalue weighted by Crippen LogP contribution is -2.45. The Labute approximate surface area is 160 Å². The number of esters is 2. The number of urea groups is 1. The monoisotopic (exact) mass is 385 g/mol. The number of benzene rings is 1. The zero-order chi connectivity index (χ0) is 20.1. The highest BCUT2D eigenvalue weighted by Gasteiger charge is 2.27. The van der Waals surface area contributed by atoms with Crippen LogP contribution in [0.2, 0.25) is 0 Å². The Hall–Kier alpha value is -3.62. The average Bonchev–Trinajstić information content (AvgIpc) is 3.08. The smallest absolute Gasteiger partial charge is 0.344 e. The molecule has 2 heterocycles. The summed E-state index contributed by atoms with van der Waals surface area (Å²) in [6.45, 7) is 3.14. The van der Waals surface area contributed by atoms with Gasteiger partial charge in [-0.1, -0.05) is 35.5 Å². The summed E-state index contributed by atoms with van der Waals surface area (Å²) in [6, 6.07) is 8.57. The van der Waals surface area contributed by atoms with Crippen molar-refractivity contribution in [1.29, 1.82) is 0 Å². The van der Waals surface area contributed by atoms with Crippen molar-refractivity contribution in [3.05, 3.63) is 52.9 Å². The van der Waals surface area contributed by atoms with Crippen molar-refractivity contribution in [2.24, 2.45) is 0 Å². The number of amides is 2. The zero-order valence-electron chi connectivity index (χ0n) is 15.4. The Morgan fingerprint density at radius 3 is 2.64 bits per heavy atom. The molecule has 0 saturated carbocycles. The normalized spacial score (nSPS) is 13.6. The number of aryl methyl sites for hydroxylation is 1. The maximum absolute atomic E-state index is 12.7. The van der Waals surface area contributed by atoms with Crippen molar-refractivity contribution in [2.75, 3.05) is 19.8 Å². The Morgan fingerprint density at radius 2 is 1.93 bits per heavy atom. The lowest BCUT2D eigenvalue weighted by molar-refractivity contribution is -0.138. The van der Waals surface area contributed by atoms with Crippen molar-refractivity contribution in [2.45, 2.75) is 13.8 Å². The summed E-state index contributed by atoms with van der Waals surface area (Å²) in [6.07, 6.45) is 0. The summed E-state index contributed by atoms with van der Waals surface area (Å²) in [7, 11) is 0. The van der Waals surface area contributed by atoms with Gasteiger partial charge in [0, 0.05) is 5.56 Å². The summed E-state index contributed by atoms with van der Waals surface area (Å²) in [5, 5.41) is 8.90. The molecule has 0 atom stereocenters. The van der Waals surface area contributed by atoms with Crippen LogP contribution in [0.25, 0.3) is 11.3 Å². The first-order valence-electron chi connectivity index (χ1n) is 8.64. The van der Waals surface area contributed by atoms with E-state index in [1.807, 2.05) is 18.2 Å². The molecule has 0 saturated heterocycles. The molecule has 0 fully saturated rings. The van der Waals surface area contributed by atoms with Gasteiger partial charge in [-0.2, -0.15) is 0 Å². The van der Waals surface area contributed by atoms with Crippen molar-refractivity contribution in [1.82, 2.24) is 15.8 Å². The van der Waals surface area contributed by atoms with Crippen LogP contribution in [0.4, 0.5) is 4.79 Å². The number of carbonyl (C=O) groups is 3. The van der Waals surface area contributed by atoms with Gasteiger partial charge in [0.15, 0.2) is 0 Å². The molecule has 3 rings (SSSR count). The van der Waals surface area contributed by atoms with Crippen LogP contribution in [0.1, 0.15) is 23.0 Å². The van der Waals surface area contributed by atoms with E-state index in [4.69, 9.17) is 14.0 Å². The van der Waals surface area contributed by atoms with Crippen LogP contribution >= 0.6 is 0 Å². The predicted molar refractivity (Wildman–Crippen MR) is 97.2 cm³/mol. The number of hydrogen-bond acceptors (Lipinski definition) is 7. The number of rotatable bonds is 6. The van der Waals surface area contributed by atoms with Crippen LogP contribution in [-0.4, -0.2) is 42.9 Å². The van der Waals surface area contributed by atoms with E-state index in [9.17, 15) is 14.4 Å². The summed E-state index contributed by atoms with van der Waals surface area (Å²) < 4.78 is 15.5. The second-order valence-electron chi connectivity index (χ2n) is 5.89. The van der Waals surface area contributed by atoms with E-state index in [1.54, 1.807) is 26.0 Å². The third-order valence-corrected chi connectivity index (χ3v) is 4.04. The number of aromatic nitrogens is 1. The van der Waals surface area contributed by atoms with Crippen LogP contribution < -0.4 is 10.6 Å². The van der Waals surface area contributed by atoms with E-state index in [-0.39, 0.29) is 36.6 Å². The first-order chi connectivity index (χ1) is 13.5. The van der Waals surface area contributed by atoms with Gasteiger partial charge < -0.3 is 24.6 Å². The molecule has 0 spiro atoms. The topological polar surface area (TPSA) is 120 Å². The molecular formula is C19H19N3O6. The Kier molecular flexibility index (Phi) is 5.73. The van der Waals surface area contributed by atoms with E-state index in [0.29, 0.717) is 17.0 Å². The summed E-state index contributed by atoms with van der Waals surface area (Å²) >= 11 is 0. The Morgan fingerprint density at radius 1 is 1.18 bits per heavy atom. The minimum atomic E-state index is -0.680. The average molecular weight is 385 g/mol. The molecular weight excluding hydrogens is 366 g/mol. The van der Waals surface area contributed by atoms with Crippen LogP contribution in [-0.2, 0) is 14.3 Å². The zero-order valence-corrected chi connectivity index (χ0v) is 15.4. The van der Waals surface area contributed by atoms with E-state index < -0.39 is 18.0 Å². The second kappa shape index (κ2) is 8.38. The largest absolute Gasteiger partial charge is 0.463 e. The van der Waals surface area contributed by atoms with Crippen LogP contribution in [0.15, 0.2) is 46.1 Å². The van der Waals surface area contributed by atoms with Gasteiger partial charge in [-0.25, -0.2) is 14.4 Å². The molecule has 2 aromatic rings. The standard InChI is InChI=1S/C19H19N3O6/c1-3-26-17(23)13-9-20-19(25)21-14(13)10-27-18(24)15-11(2)28-22-16(15)12-7-5-4-6-8-12/h4-8H,3,9-10H2,1-2H3,(H2,20,21,25). The molecule has 2 amide bonds. The third-order valence-electron chi connectivity index (χ3n) is 4.04. The minimum absolute atomic E-state index is 0.0148. The SMILES string of the molecule is CCOC(=O)C1=C(COC(=O)c2c(-c3ccccc3)noc2C)NC(=O)NC1. The summed E-state index contributed by atoms with van der Waals surface area (Å²) in [5.74, 6) is -0.967. The van der Waals surface area contributed by atoms with E-state index in [0.717, 1.165) is 0 Å². The van der Waals surface area contributed by atoms with Gasteiger partial charge >= 0.3 is 18.0 Å². The Balaban J connectivity index is 1.81. The fourth-order valence-electron chi connectivity index (χ4n) is 2.68. The fraction of sp³-hybridized carbons (Fsp3) is 0.263. The van der Waals surface area contributed by atoms with Crippen molar-refractivity contribution in [3.8, 4) is 11.3 Å². The lowest BCUT2D eigenvalue weighted by atomic mass is 10.1. The van der Waals surface area contributed by atoms with E-state index in [2.05, 4.69) is 15.8 Å². The van der Waals surface area contributed by atoms with Crippen LogP contribution in [0.5, 0.6) is 0 Å². The van der Waals surface area contributed by atoms with Crippen molar-refractivity contribution in [3.63, 3.8) is 0 Å². The second-order valence-corrected chi connectivity index (χ2v) is 5.89. The number of carbonyl (C=O) groups excluding carboxylic acids is 3. The molecule has 2 N–H and O–H groups in total. The van der Waals surface area contributed by atoms with Gasteiger partial charge in [0.25, 0.3) is 0 Å². The number of ether oxygens (including phenoxy) is 2. The maximum Gasteiger partial charge on any atom is 0.344 e. The molecule has 1 aliphatic heterocycles. The third kappa shape index (κ3) is 4.03. The van der Waals surface area contributed by atoms with Crippen LogP contribution in [0.3, 0.4) is 0 Å². The quantitative estimate of drug-likeness (QED) is 0.729. The summed E-state index contributed by atoms with van der Waals surface area (Å²) in [5.41, 5.74) is 1.61. The molecule has 1 aliphatic rings. The molecule has 0 radical (unpaired) electrons. The Bertz CT molecular complexity index is 932. The minimum Gasteiger partial charge on any atom is -0.463 e. The van der Waals surface area contributed by atoms with Gasteiger partial charge in [0.2, 0.25) is 0 Å². The van der Waals surface area contributed by atoms with Gasteiger partial charge in [0.05, 0.1) is 24.4 Å². The molecule has 0 bridgehead atoms. The lowest BCUT2D eigenvalue weighted by Gasteiger charge is -2.21.